The van der Waals surface area contributed by atoms with Crippen molar-refractivity contribution in [3.8, 4) is 11.1 Å². The van der Waals surface area contributed by atoms with Gasteiger partial charge in [0.15, 0.2) is 0 Å². The highest BCUT2D eigenvalue weighted by Crippen LogP contribution is 2.32. The minimum atomic E-state index is -3.59. The summed E-state index contributed by atoms with van der Waals surface area (Å²) in [5, 5.41) is 7.64. The van der Waals surface area contributed by atoms with E-state index in [-0.39, 0.29) is 12.4 Å². The van der Waals surface area contributed by atoms with E-state index in [2.05, 4.69) is 38.7 Å². The summed E-state index contributed by atoms with van der Waals surface area (Å²) in [6.45, 7) is 5.01. The average Bonchev–Trinajstić information content (AvgIpc) is 3.30. The van der Waals surface area contributed by atoms with Crippen LogP contribution in [0.2, 0.25) is 0 Å². The third-order valence-electron chi connectivity index (χ3n) is 9.31. The first-order valence-electron chi connectivity index (χ1n) is 15.7. The van der Waals surface area contributed by atoms with Gasteiger partial charge in [0.1, 0.15) is 0 Å². The molecule has 1 aromatic heterocycles. The summed E-state index contributed by atoms with van der Waals surface area (Å²) in [5.41, 5.74) is 6.37. The third-order valence-corrected chi connectivity index (χ3v) is 11.2. The molecule has 0 radical (unpaired) electrons. The number of hydrogen-bond acceptors (Lipinski definition) is 7. The van der Waals surface area contributed by atoms with Crippen molar-refractivity contribution >= 4 is 45.0 Å². The van der Waals surface area contributed by atoms with E-state index in [1.165, 1.54) is 49.9 Å². The summed E-state index contributed by atoms with van der Waals surface area (Å²) < 4.78 is 28.6. The van der Waals surface area contributed by atoms with Crippen LogP contribution in [0.15, 0.2) is 71.8 Å². The number of aromatic nitrogens is 2. The van der Waals surface area contributed by atoms with Crippen LogP contribution in [0, 0.1) is 0 Å². The molecule has 7 rings (SSSR count). The lowest BCUT2D eigenvalue weighted by Crippen LogP contribution is -2.34. The summed E-state index contributed by atoms with van der Waals surface area (Å²) in [6, 6.07) is 20.6. The van der Waals surface area contributed by atoms with Crippen molar-refractivity contribution < 1.29 is 8.42 Å². The van der Waals surface area contributed by atoms with Crippen LogP contribution in [-0.2, 0) is 22.9 Å². The molecule has 0 saturated carbocycles. The molecule has 8 nitrogen and oxygen atoms in total. The first kappa shape index (κ1) is 30.9. The molecule has 0 unspecified atom stereocenters. The van der Waals surface area contributed by atoms with Gasteiger partial charge in [-0.1, -0.05) is 36.4 Å². The predicted molar refractivity (Wildman–Crippen MR) is 179 cm³/mol. The molecular weight excluding hydrogens is 592 g/mol. The molecule has 0 spiro atoms. The molecule has 2 fully saturated rings. The predicted octanol–water partition coefficient (Wildman–Crippen LogP) is 5.79. The highest BCUT2D eigenvalue weighted by atomic mass is 35.5. The number of para-hydroxylation sites is 1. The van der Waals surface area contributed by atoms with Crippen LogP contribution >= 0.6 is 12.4 Å². The van der Waals surface area contributed by atoms with Crippen LogP contribution in [0.25, 0.3) is 22.0 Å². The van der Waals surface area contributed by atoms with Gasteiger partial charge in [-0.05, 0) is 106 Å². The minimum Gasteiger partial charge on any atom is -0.324 e. The average molecular weight is 633 g/mol. The Morgan fingerprint density at radius 2 is 1.66 bits per heavy atom. The SMILES string of the molecule is Cl.O=S(=O)(c1cccc(-c2cccc3cnc(Nc4ccc5c(c4)CC[C@@H](N4CCCC4)CC5)nc23)c1)N1CCCNCC1. The number of sulfonamides is 1. The molecule has 2 saturated heterocycles. The molecule has 2 N–H and O–H groups in total. The number of rotatable bonds is 6. The molecule has 44 heavy (non-hydrogen) atoms. The number of aryl methyl sites for hydroxylation is 2. The molecular formula is C34H41ClN6O2S. The number of fused-ring (bicyclic) bond motifs is 2. The Bertz CT molecular complexity index is 1720. The zero-order chi connectivity index (χ0) is 29.2. The number of halogens is 1. The normalized spacial score (nSPS) is 20.0. The number of benzene rings is 3. The number of likely N-dealkylation sites (tertiary alicyclic amines) is 1. The van der Waals surface area contributed by atoms with E-state index in [0.717, 1.165) is 53.5 Å². The van der Waals surface area contributed by atoms with Gasteiger partial charge in [0.25, 0.3) is 0 Å². The lowest BCUT2D eigenvalue weighted by atomic mass is 10.0. The smallest absolute Gasteiger partial charge is 0.243 e. The third kappa shape index (κ3) is 6.48. The van der Waals surface area contributed by atoms with E-state index in [4.69, 9.17) is 4.98 Å². The van der Waals surface area contributed by atoms with Crippen molar-refractivity contribution in [1.82, 2.24) is 24.5 Å². The fourth-order valence-corrected chi connectivity index (χ4v) is 8.48. The first-order valence-corrected chi connectivity index (χ1v) is 17.2. The van der Waals surface area contributed by atoms with E-state index >= 15 is 0 Å². The Hall–Kier alpha value is -3.08. The van der Waals surface area contributed by atoms with Crippen molar-refractivity contribution in [1.29, 1.82) is 0 Å². The second-order valence-corrected chi connectivity index (χ2v) is 14.0. The van der Waals surface area contributed by atoms with Crippen molar-refractivity contribution in [3.63, 3.8) is 0 Å². The van der Waals surface area contributed by atoms with Crippen LogP contribution < -0.4 is 10.6 Å². The Balaban J connectivity index is 0.00000343. The van der Waals surface area contributed by atoms with Gasteiger partial charge < -0.3 is 15.5 Å². The van der Waals surface area contributed by atoms with Gasteiger partial charge in [0, 0.05) is 48.5 Å². The quantitative estimate of drug-likeness (QED) is 0.260. The van der Waals surface area contributed by atoms with Gasteiger partial charge in [0.2, 0.25) is 16.0 Å². The lowest BCUT2D eigenvalue weighted by molar-refractivity contribution is 0.222. The summed E-state index contributed by atoms with van der Waals surface area (Å²) in [6.07, 6.45) is 10.0. The molecule has 1 atom stereocenters. The summed E-state index contributed by atoms with van der Waals surface area (Å²) >= 11 is 0. The largest absolute Gasteiger partial charge is 0.324 e. The van der Waals surface area contributed by atoms with Crippen molar-refractivity contribution in [2.24, 2.45) is 0 Å². The maximum absolute atomic E-state index is 13.5. The maximum Gasteiger partial charge on any atom is 0.243 e. The summed E-state index contributed by atoms with van der Waals surface area (Å²) in [4.78, 5) is 12.6. The van der Waals surface area contributed by atoms with Crippen LogP contribution in [0.4, 0.5) is 11.6 Å². The topological polar surface area (TPSA) is 90.5 Å². The first-order chi connectivity index (χ1) is 21.0. The number of hydrogen-bond donors (Lipinski definition) is 2. The second-order valence-electron chi connectivity index (χ2n) is 12.1. The fraction of sp³-hybridized carbons (Fsp3) is 0.412. The standard InChI is InChI=1S/C34H40N6O2S.ClH/c41-43(42,40-20-5-16-35-17-21-40)31-8-3-6-27(23-31)32-9-4-7-28-24-36-34(38-33(28)32)37-29-13-10-25-11-14-30(15-12-26(25)22-29)39-18-1-2-19-39;/h3-4,6-10,13,22-24,30,35H,1-2,5,11-12,14-21H2,(H,36,37,38);1H/t30-;/m0./s1. The Kier molecular flexibility index (Phi) is 9.49. The Morgan fingerprint density at radius 1 is 0.841 bits per heavy atom. The Labute approximate surface area is 266 Å². The van der Waals surface area contributed by atoms with Gasteiger partial charge in [-0.2, -0.15) is 4.31 Å². The van der Waals surface area contributed by atoms with Crippen LogP contribution in [0.5, 0.6) is 0 Å². The Morgan fingerprint density at radius 3 is 2.52 bits per heavy atom. The second kappa shape index (κ2) is 13.5. The highest BCUT2D eigenvalue weighted by molar-refractivity contribution is 7.89. The maximum atomic E-state index is 13.5. The molecule has 232 valence electrons. The monoisotopic (exact) mass is 632 g/mol. The van der Waals surface area contributed by atoms with Crippen molar-refractivity contribution in [2.75, 3.05) is 44.6 Å². The summed E-state index contributed by atoms with van der Waals surface area (Å²) in [7, 11) is -3.59. The lowest BCUT2D eigenvalue weighted by Gasteiger charge is -2.25. The molecule has 3 aromatic carbocycles. The molecule has 2 aliphatic heterocycles. The van der Waals surface area contributed by atoms with Crippen molar-refractivity contribution in [2.45, 2.75) is 55.9 Å². The number of anilines is 2. The van der Waals surface area contributed by atoms with E-state index in [1.54, 1.807) is 16.4 Å². The number of nitrogens with one attached hydrogen (secondary N) is 2. The van der Waals surface area contributed by atoms with Gasteiger partial charge in [-0.3, -0.25) is 0 Å². The van der Waals surface area contributed by atoms with Gasteiger partial charge in [-0.15, -0.1) is 12.4 Å². The summed E-state index contributed by atoms with van der Waals surface area (Å²) in [5.74, 6) is 0.532. The zero-order valence-corrected chi connectivity index (χ0v) is 26.7. The molecule has 0 amide bonds. The molecule has 10 heteroatoms. The zero-order valence-electron chi connectivity index (χ0n) is 25.0. The molecule has 0 bridgehead atoms. The van der Waals surface area contributed by atoms with E-state index < -0.39 is 10.0 Å². The molecule has 1 aliphatic carbocycles. The molecule has 3 heterocycles. The fourth-order valence-electron chi connectivity index (χ4n) is 6.95. The molecule has 4 aromatic rings. The van der Waals surface area contributed by atoms with Crippen LogP contribution in [-0.4, -0.2) is 72.9 Å². The van der Waals surface area contributed by atoms with Crippen LogP contribution in [0.3, 0.4) is 0 Å². The van der Waals surface area contributed by atoms with E-state index in [9.17, 15) is 8.42 Å². The number of nitrogens with zero attached hydrogens (tertiary/aromatic N) is 4. The highest BCUT2D eigenvalue weighted by Gasteiger charge is 2.26. The van der Waals surface area contributed by atoms with E-state index in [1.807, 2.05) is 36.5 Å². The van der Waals surface area contributed by atoms with Gasteiger partial charge >= 0.3 is 0 Å². The van der Waals surface area contributed by atoms with E-state index in [0.29, 0.717) is 36.5 Å². The van der Waals surface area contributed by atoms with Gasteiger partial charge in [-0.25, -0.2) is 18.4 Å². The van der Waals surface area contributed by atoms with Gasteiger partial charge in [0.05, 0.1) is 10.4 Å². The van der Waals surface area contributed by atoms with Crippen LogP contribution in [0.1, 0.15) is 43.2 Å². The van der Waals surface area contributed by atoms with Crippen molar-refractivity contribution in [3.05, 3.63) is 78.0 Å². The minimum absolute atomic E-state index is 0. The molecule has 3 aliphatic rings.